The zero-order valence-corrected chi connectivity index (χ0v) is 17.1. The van der Waals surface area contributed by atoms with E-state index in [-0.39, 0.29) is 10.5 Å². The number of ether oxygens (including phenoxy) is 1. The van der Waals surface area contributed by atoms with Crippen molar-refractivity contribution in [2.24, 2.45) is 0 Å². The number of anilines is 1. The largest absolute Gasteiger partial charge is 0.452 e. The van der Waals surface area contributed by atoms with Gasteiger partial charge in [0.25, 0.3) is 5.91 Å². The Morgan fingerprint density at radius 3 is 2.41 bits per heavy atom. The van der Waals surface area contributed by atoms with Crippen molar-refractivity contribution >= 4 is 27.6 Å². The van der Waals surface area contributed by atoms with E-state index in [0.29, 0.717) is 18.8 Å². The molecule has 0 atom stereocenters. The summed E-state index contributed by atoms with van der Waals surface area (Å²) in [6.45, 7) is 2.62. The van der Waals surface area contributed by atoms with Gasteiger partial charge in [-0.25, -0.2) is 13.2 Å². The average molecular weight is 416 g/mol. The molecule has 1 amide bonds. The summed E-state index contributed by atoms with van der Waals surface area (Å²) >= 11 is 0. The third-order valence-corrected chi connectivity index (χ3v) is 6.66. The maximum absolute atomic E-state index is 12.5. The van der Waals surface area contributed by atoms with Crippen LogP contribution in [0.2, 0.25) is 0 Å². The highest BCUT2D eigenvalue weighted by atomic mass is 32.2. The smallest absolute Gasteiger partial charge is 0.338 e. The minimum Gasteiger partial charge on any atom is -0.452 e. The van der Waals surface area contributed by atoms with Crippen molar-refractivity contribution in [1.29, 1.82) is 0 Å². The molecule has 0 radical (unpaired) electrons. The van der Waals surface area contributed by atoms with Crippen LogP contribution < -0.4 is 5.32 Å². The second-order valence-electron chi connectivity index (χ2n) is 6.81. The van der Waals surface area contributed by atoms with E-state index < -0.39 is 28.5 Å². The first kappa shape index (κ1) is 21.0. The summed E-state index contributed by atoms with van der Waals surface area (Å²) in [6.07, 6.45) is 2.56. The SMILES string of the molecule is CCc1cccc(NC(=O)COC(=O)c2ccc(S(=O)(=O)N3CCCC3)cc2)c1. The minimum absolute atomic E-state index is 0.143. The van der Waals surface area contributed by atoms with Crippen molar-refractivity contribution in [3.8, 4) is 0 Å². The van der Waals surface area contributed by atoms with Gasteiger partial charge in [-0.2, -0.15) is 4.31 Å². The monoisotopic (exact) mass is 416 g/mol. The molecule has 0 aromatic heterocycles. The van der Waals surface area contributed by atoms with Crippen LogP contribution in [0.25, 0.3) is 0 Å². The van der Waals surface area contributed by atoms with Crippen molar-refractivity contribution in [3.63, 3.8) is 0 Å². The van der Waals surface area contributed by atoms with Crippen molar-refractivity contribution < 1.29 is 22.7 Å². The molecule has 29 heavy (non-hydrogen) atoms. The van der Waals surface area contributed by atoms with Crippen molar-refractivity contribution in [1.82, 2.24) is 4.31 Å². The quantitative estimate of drug-likeness (QED) is 0.701. The summed E-state index contributed by atoms with van der Waals surface area (Å²) < 4.78 is 31.5. The Labute approximate surface area is 170 Å². The van der Waals surface area contributed by atoms with Crippen LogP contribution in [0.4, 0.5) is 5.69 Å². The molecule has 0 bridgehead atoms. The summed E-state index contributed by atoms with van der Waals surface area (Å²) in [6, 6.07) is 13.0. The molecule has 0 spiro atoms. The number of aryl methyl sites for hydroxylation is 1. The molecular formula is C21H24N2O5S. The number of nitrogens with one attached hydrogen (secondary N) is 1. The number of nitrogens with zero attached hydrogens (tertiary/aromatic N) is 1. The molecule has 3 rings (SSSR count). The minimum atomic E-state index is -3.53. The fourth-order valence-corrected chi connectivity index (χ4v) is 4.64. The maximum atomic E-state index is 12.5. The number of hydrogen-bond donors (Lipinski definition) is 1. The van der Waals surface area contributed by atoms with E-state index in [1.807, 2.05) is 25.1 Å². The fourth-order valence-electron chi connectivity index (χ4n) is 3.12. The summed E-state index contributed by atoms with van der Waals surface area (Å²) in [5, 5.41) is 2.68. The first-order chi connectivity index (χ1) is 13.9. The van der Waals surface area contributed by atoms with Gasteiger partial charge in [-0.3, -0.25) is 4.79 Å². The molecular weight excluding hydrogens is 392 g/mol. The van der Waals surface area contributed by atoms with Crippen molar-refractivity contribution in [2.45, 2.75) is 31.1 Å². The number of esters is 1. The molecule has 0 saturated carbocycles. The van der Waals surface area contributed by atoms with Crippen LogP contribution in [0.15, 0.2) is 53.4 Å². The molecule has 2 aromatic rings. The van der Waals surface area contributed by atoms with E-state index in [1.165, 1.54) is 28.6 Å². The van der Waals surface area contributed by atoms with Crippen LogP contribution in [-0.2, 0) is 26.0 Å². The number of rotatable bonds is 7. The Bertz CT molecular complexity index is 980. The van der Waals surface area contributed by atoms with E-state index in [1.54, 1.807) is 6.07 Å². The van der Waals surface area contributed by atoms with Crippen molar-refractivity contribution in [2.75, 3.05) is 25.0 Å². The zero-order chi connectivity index (χ0) is 20.9. The molecule has 8 heteroatoms. The van der Waals surface area contributed by atoms with Gasteiger partial charge in [0, 0.05) is 18.8 Å². The Balaban J connectivity index is 1.56. The number of benzene rings is 2. The number of sulfonamides is 1. The van der Waals surface area contributed by atoms with Gasteiger partial charge in [0.1, 0.15) is 0 Å². The molecule has 0 unspecified atom stereocenters. The summed E-state index contributed by atoms with van der Waals surface area (Å²) in [7, 11) is -3.53. The van der Waals surface area contributed by atoms with Gasteiger partial charge >= 0.3 is 5.97 Å². The lowest BCUT2D eigenvalue weighted by Crippen LogP contribution is -2.27. The van der Waals surface area contributed by atoms with Crippen LogP contribution in [-0.4, -0.2) is 44.3 Å². The zero-order valence-electron chi connectivity index (χ0n) is 16.3. The molecule has 1 aliphatic rings. The second kappa shape index (κ2) is 9.19. The lowest BCUT2D eigenvalue weighted by atomic mass is 10.1. The Morgan fingerprint density at radius 1 is 1.07 bits per heavy atom. The molecule has 1 aliphatic heterocycles. The third kappa shape index (κ3) is 5.21. The predicted molar refractivity (Wildman–Crippen MR) is 109 cm³/mol. The first-order valence-corrected chi connectivity index (χ1v) is 11.0. The highest BCUT2D eigenvalue weighted by molar-refractivity contribution is 7.89. The number of hydrogen-bond acceptors (Lipinski definition) is 5. The normalized spacial score (nSPS) is 14.5. The molecule has 1 heterocycles. The average Bonchev–Trinajstić information content (AvgIpc) is 3.28. The molecule has 1 fully saturated rings. The van der Waals surface area contributed by atoms with Crippen LogP contribution in [0.3, 0.4) is 0 Å². The van der Waals surface area contributed by atoms with Crippen LogP contribution in [0.5, 0.6) is 0 Å². The number of amides is 1. The molecule has 2 aromatic carbocycles. The second-order valence-corrected chi connectivity index (χ2v) is 8.75. The Hall–Kier alpha value is -2.71. The number of carbonyl (C=O) groups excluding carboxylic acids is 2. The first-order valence-electron chi connectivity index (χ1n) is 9.56. The van der Waals surface area contributed by atoms with Crippen molar-refractivity contribution in [3.05, 3.63) is 59.7 Å². The fraction of sp³-hybridized carbons (Fsp3) is 0.333. The highest BCUT2D eigenvalue weighted by Gasteiger charge is 2.27. The molecule has 7 nitrogen and oxygen atoms in total. The van der Waals surface area contributed by atoms with Gasteiger partial charge in [-0.15, -0.1) is 0 Å². The molecule has 1 N–H and O–H groups in total. The van der Waals surface area contributed by atoms with Gasteiger partial charge in [0.15, 0.2) is 6.61 Å². The van der Waals surface area contributed by atoms with Gasteiger partial charge in [0.05, 0.1) is 10.5 Å². The lowest BCUT2D eigenvalue weighted by molar-refractivity contribution is -0.119. The van der Waals surface area contributed by atoms with Gasteiger partial charge in [-0.05, 0) is 61.2 Å². The Kier molecular flexibility index (Phi) is 6.66. The highest BCUT2D eigenvalue weighted by Crippen LogP contribution is 2.21. The van der Waals surface area contributed by atoms with Gasteiger partial charge in [-0.1, -0.05) is 19.1 Å². The summed E-state index contributed by atoms with van der Waals surface area (Å²) in [4.78, 5) is 24.3. The standard InChI is InChI=1S/C21H24N2O5S/c1-2-16-6-5-7-18(14-16)22-20(24)15-28-21(25)17-8-10-19(11-9-17)29(26,27)23-12-3-4-13-23/h5-11,14H,2-4,12-13,15H2,1H3,(H,22,24). The Morgan fingerprint density at radius 2 is 1.76 bits per heavy atom. The van der Waals surface area contributed by atoms with E-state index in [2.05, 4.69) is 5.32 Å². The predicted octanol–water partition coefficient (Wildman–Crippen LogP) is 2.83. The van der Waals surface area contributed by atoms with Crippen LogP contribution in [0.1, 0.15) is 35.7 Å². The van der Waals surface area contributed by atoms with Crippen LogP contribution in [0, 0.1) is 0 Å². The summed E-state index contributed by atoms with van der Waals surface area (Å²) in [5.74, 6) is -1.13. The molecule has 0 aliphatic carbocycles. The maximum Gasteiger partial charge on any atom is 0.338 e. The number of carbonyl (C=O) groups is 2. The van der Waals surface area contributed by atoms with Gasteiger partial charge < -0.3 is 10.1 Å². The molecule has 1 saturated heterocycles. The van der Waals surface area contributed by atoms with E-state index in [0.717, 1.165) is 24.8 Å². The summed E-state index contributed by atoms with van der Waals surface area (Å²) in [5.41, 5.74) is 1.91. The third-order valence-electron chi connectivity index (χ3n) is 4.75. The molecule has 154 valence electrons. The lowest BCUT2D eigenvalue weighted by Gasteiger charge is -2.15. The van der Waals surface area contributed by atoms with Crippen LogP contribution >= 0.6 is 0 Å². The van der Waals surface area contributed by atoms with E-state index in [9.17, 15) is 18.0 Å². The topological polar surface area (TPSA) is 92.8 Å². The van der Waals surface area contributed by atoms with E-state index in [4.69, 9.17) is 4.74 Å². The van der Waals surface area contributed by atoms with E-state index >= 15 is 0 Å². The van der Waals surface area contributed by atoms with Gasteiger partial charge in [0.2, 0.25) is 10.0 Å².